The number of thiophene rings is 1. The number of furan rings is 1. The van der Waals surface area contributed by atoms with Crippen molar-refractivity contribution < 1.29 is 4.42 Å². The molecule has 59 heavy (non-hydrogen) atoms. The van der Waals surface area contributed by atoms with Crippen LogP contribution in [0.25, 0.3) is 125 Å². The zero-order chi connectivity index (χ0) is 38.6. The van der Waals surface area contributed by atoms with Gasteiger partial charge in [0.05, 0.1) is 11.0 Å². The Morgan fingerprint density at radius 3 is 1.93 bits per heavy atom. The number of aromatic nitrogens is 4. The van der Waals surface area contributed by atoms with Gasteiger partial charge in [-0.3, -0.25) is 0 Å². The van der Waals surface area contributed by atoms with Crippen LogP contribution in [0.5, 0.6) is 0 Å². The van der Waals surface area contributed by atoms with E-state index in [-0.39, 0.29) is 0 Å². The second-order valence-electron chi connectivity index (χ2n) is 15.2. The van der Waals surface area contributed by atoms with Gasteiger partial charge in [0.25, 0.3) is 0 Å². The molecule has 0 aliphatic carbocycles. The van der Waals surface area contributed by atoms with Gasteiger partial charge >= 0.3 is 0 Å². The van der Waals surface area contributed by atoms with Gasteiger partial charge in [0.2, 0.25) is 0 Å². The predicted octanol–water partition coefficient (Wildman–Crippen LogP) is 14.5. The maximum atomic E-state index is 6.38. The molecule has 0 bridgehead atoms. The molecule has 0 saturated heterocycles. The summed E-state index contributed by atoms with van der Waals surface area (Å²) >= 11 is 1.80. The maximum Gasteiger partial charge on any atom is 0.164 e. The smallest absolute Gasteiger partial charge is 0.164 e. The topological polar surface area (TPSA) is 56.7 Å². The first-order valence-electron chi connectivity index (χ1n) is 19.8. The summed E-state index contributed by atoms with van der Waals surface area (Å²) in [5.74, 6) is 1.82. The molecule has 0 saturated carbocycles. The van der Waals surface area contributed by atoms with Crippen LogP contribution in [0.1, 0.15) is 0 Å². The van der Waals surface area contributed by atoms with Crippen LogP contribution in [-0.2, 0) is 0 Å². The first-order chi connectivity index (χ1) is 29.2. The number of hydrogen-bond acceptors (Lipinski definition) is 5. The minimum atomic E-state index is 0.585. The summed E-state index contributed by atoms with van der Waals surface area (Å²) in [5, 5.41) is 11.5. The zero-order valence-electron chi connectivity index (χ0n) is 31.4. The number of para-hydroxylation sites is 2. The summed E-state index contributed by atoms with van der Waals surface area (Å²) in [6.07, 6.45) is 0. The number of nitrogens with zero attached hydrogens (tertiary/aromatic N) is 4. The lowest BCUT2D eigenvalue weighted by Crippen LogP contribution is -2.02. The van der Waals surface area contributed by atoms with Crippen LogP contribution in [-0.4, -0.2) is 19.5 Å². The van der Waals surface area contributed by atoms with Gasteiger partial charge in [0.1, 0.15) is 11.2 Å². The highest BCUT2D eigenvalue weighted by Crippen LogP contribution is 2.44. The predicted molar refractivity (Wildman–Crippen MR) is 246 cm³/mol. The number of hydrogen-bond donors (Lipinski definition) is 0. The first kappa shape index (κ1) is 32.4. The minimum Gasteiger partial charge on any atom is -0.456 e. The molecule has 4 aromatic heterocycles. The molecule has 6 heteroatoms. The molecule has 5 nitrogen and oxygen atoms in total. The molecule has 9 aromatic carbocycles. The van der Waals surface area contributed by atoms with Crippen molar-refractivity contribution in [2.24, 2.45) is 0 Å². The van der Waals surface area contributed by atoms with Gasteiger partial charge in [-0.05, 0) is 76.1 Å². The lowest BCUT2D eigenvalue weighted by Gasteiger charge is -2.14. The molecule has 0 atom stereocenters. The molecule has 0 aliphatic rings. The summed E-state index contributed by atoms with van der Waals surface area (Å²) in [6, 6.07) is 64.5. The fourth-order valence-electron chi connectivity index (χ4n) is 9.11. The van der Waals surface area contributed by atoms with E-state index in [9.17, 15) is 0 Å². The van der Waals surface area contributed by atoms with Crippen molar-refractivity contribution in [3.05, 3.63) is 182 Å². The molecule has 0 radical (unpaired) electrons. The fraction of sp³-hybridized carbons (Fsp3) is 0. The second kappa shape index (κ2) is 12.4. The average molecular weight is 771 g/mol. The van der Waals surface area contributed by atoms with Crippen molar-refractivity contribution >= 4 is 96.8 Å². The van der Waals surface area contributed by atoms with Crippen LogP contribution in [0.4, 0.5) is 0 Å². The lowest BCUT2D eigenvalue weighted by atomic mass is 10.0. The van der Waals surface area contributed by atoms with Crippen molar-refractivity contribution in [1.29, 1.82) is 0 Å². The van der Waals surface area contributed by atoms with Crippen molar-refractivity contribution in [2.45, 2.75) is 0 Å². The Morgan fingerprint density at radius 2 is 1.05 bits per heavy atom. The molecule has 0 spiro atoms. The number of fused-ring (bicyclic) bond motifs is 11. The van der Waals surface area contributed by atoms with E-state index in [0.717, 1.165) is 71.5 Å². The standard InChI is InChI=1S/C53H30N4OS/c1-2-14-33-27-45-42(26-32(33)13-1)37-17-5-8-21-44(37)57(45)35-29-43(50-41-19-7-10-23-48(41)59-49(50)30-35)53-55-51(34-24-25-39-38-18-6-9-22-46(38)58-47(39)28-34)54-52(56-53)40-20-11-15-31-12-3-4-16-36(31)40/h1-30H. The molecule has 0 fully saturated rings. The van der Waals surface area contributed by atoms with Crippen molar-refractivity contribution in [3.8, 4) is 39.9 Å². The molecular weight excluding hydrogens is 741 g/mol. The molecule has 0 amide bonds. The first-order valence-corrected chi connectivity index (χ1v) is 20.6. The third-order valence-corrected chi connectivity index (χ3v) is 12.9. The van der Waals surface area contributed by atoms with E-state index in [4.69, 9.17) is 19.4 Å². The van der Waals surface area contributed by atoms with Gasteiger partial charge in [-0.2, -0.15) is 0 Å². The SMILES string of the molecule is c1ccc2cc3c(cc2c1)c1ccccc1n3-c1cc(-c2nc(-c3ccc4c(c3)oc3ccccc34)nc(-c3cccc4ccccc34)n2)c2c(c1)sc1ccccc12. The van der Waals surface area contributed by atoms with Crippen LogP contribution < -0.4 is 0 Å². The lowest BCUT2D eigenvalue weighted by molar-refractivity contribution is 0.669. The van der Waals surface area contributed by atoms with Gasteiger partial charge < -0.3 is 8.98 Å². The van der Waals surface area contributed by atoms with Gasteiger partial charge in [-0.1, -0.05) is 127 Å². The zero-order valence-corrected chi connectivity index (χ0v) is 32.2. The van der Waals surface area contributed by atoms with Crippen LogP contribution >= 0.6 is 11.3 Å². The molecule has 13 aromatic rings. The molecular formula is C53H30N4OS. The third-order valence-electron chi connectivity index (χ3n) is 11.8. The van der Waals surface area contributed by atoms with E-state index in [2.05, 4.69) is 168 Å². The highest BCUT2D eigenvalue weighted by molar-refractivity contribution is 7.26. The highest BCUT2D eigenvalue weighted by atomic mass is 32.1. The molecule has 0 N–H and O–H groups in total. The second-order valence-corrected chi connectivity index (χ2v) is 16.3. The van der Waals surface area contributed by atoms with Gasteiger partial charge in [0.15, 0.2) is 17.5 Å². The van der Waals surface area contributed by atoms with Crippen molar-refractivity contribution in [1.82, 2.24) is 19.5 Å². The Labute approximate surface area is 341 Å². The number of rotatable bonds is 4. The van der Waals surface area contributed by atoms with E-state index in [1.165, 1.54) is 36.3 Å². The van der Waals surface area contributed by atoms with Crippen molar-refractivity contribution in [3.63, 3.8) is 0 Å². The minimum absolute atomic E-state index is 0.585. The third kappa shape index (κ3) is 4.94. The highest BCUT2D eigenvalue weighted by Gasteiger charge is 2.22. The Bertz CT molecular complexity index is 3870. The van der Waals surface area contributed by atoms with Crippen LogP contribution in [0.3, 0.4) is 0 Å². The molecule has 0 unspecified atom stereocenters. The fourth-order valence-corrected chi connectivity index (χ4v) is 10.3. The monoisotopic (exact) mass is 770 g/mol. The normalized spacial score (nSPS) is 12.1. The summed E-state index contributed by atoms with van der Waals surface area (Å²) in [7, 11) is 0. The van der Waals surface area contributed by atoms with E-state index in [1.54, 1.807) is 11.3 Å². The van der Waals surface area contributed by atoms with Gasteiger partial charge in [0, 0.05) is 64.1 Å². The Kier molecular flexibility index (Phi) is 6.82. The van der Waals surface area contributed by atoms with Crippen LogP contribution in [0.2, 0.25) is 0 Å². The Balaban J connectivity index is 1.13. The Hall–Kier alpha value is -7.67. The molecule has 4 heterocycles. The van der Waals surface area contributed by atoms with Crippen molar-refractivity contribution in [2.75, 3.05) is 0 Å². The molecule has 0 aliphatic heterocycles. The number of benzene rings is 9. The largest absolute Gasteiger partial charge is 0.456 e. The summed E-state index contributed by atoms with van der Waals surface area (Å²) < 4.78 is 11.2. The quantitative estimate of drug-likeness (QED) is 0.179. The van der Waals surface area contributed by atoms with E-state index < -0.39 is 0 Å². The molecule has 274 valence electrons. The van der Waals surface area contributed by atoms with E-state index >= 15 is 0 Å². The maximum absolute atomic E-state index is 6.38. The summed E-state index contributed by atoms with van der Waals surface area (Å²) in [4.78, 5) is 16.1. The molecule has 13 rings (SSSR count). The Morgan fingerprint density at radius 1 is 0.390 bits per heavy atom. The summed E-state index contributed by atoms with van der Waals surface area (Å²) in [5.41, 5.74) is 7.78. The van der Waals surface area contributed by atoms with Crippen LogP contribution in [0, 0.1) is 0 Å². The van der Waals surface area contributed by atoms with E-state index in [1.807, 2.05) is 18.2 Å². The average Bonchev–Trinajstić information content (AvgIpc) is 3.96. The van der Waals surface area contributed by atoms with Gasteiger partial charge in [-0.25, -0.2) is 15.0 Å². The van der Waals surface area contributed by atoms with Gasteiger partial charge in [-0.15, -0.1) is 11.3 Å². The van der Waals surface area contributed by atoms with Crippen LogP contribution in [0.15, 0.2) is 186 Å². The summed E-state index contributed by atoms with van der Waals surface area (Å²) in [6.45, 7) is 0. The van der Waals surface area contributed by atoms with E-state index in [0.29, 0.717) is 17.5 Å².